The molecule has 1 aromatic carbocycles. The van der Waals surface area contributed by atoms with Crippen molar-refractivity contribution in [1.82, 2.24) is 5.32 Å². The molecule has 3 unspecified atom stereocenters. The van der Waals surface area contributed by atoms with Gasteiger partial charge in [-0.1, -0.05) is 32.0 Å². The van der Waals surface area contributed by atoms with Gasteiger partial charge in [0.25, 0.3) is 0 Å². The zero-order valence-electron chi connectivity index (χ0n) is 11.7. The van der Waals surface area contributed by atoms with Gasteiger partial charge in [0.05, 0.1) is 6.04 Å². The minimum atomic E-state index is -0.00152. The number of fused-ring (bicyclic) bond motifs is 1. The van der Waals surface area contributed by atoms with Gasteiger partial charge in [0, 0.05) is 12.2 Å². The summed E-state index contributed by atoms with van der Waals surface area (Å²) in [5.41, 5.74) is 2.42. The van der Waals surface area contributed by atoms with Crippen molar-refractivity contribution >= 4 is 11.6 Å². The van der Waals surface area contributed by atoms with Crippen molar-refractivity contribution in [3.05, 3.63) is 29.8 Å². The number of para-hydroxylation sites is 1. The average molecular weight is 258 g/mol. The Labute approximate surface area is 115 Å². The fraction of sp³-hybridized carbons (Fsp3) is 0.562. The number of nitrogens with zero attached hydrogens (tertiary/aromatic N) is 1. The van der Waals surface area contributed by atoms with Gasteiger partial charge in [-0.3, -0.25) is 4.79 Å². The van der Waals surface area contributed by atoms with Crippen LogP contribution < -0.4 is 10.2 Å². The molecule has 1 aromatic rings. The average Bonchev–Trinajstić information content (AvgIpc) is 2.83. The highest BCUT2D eigenvalue weighted by atomic mass is 16.2. The van der Waals surface area contributed by atoms with Crippen LogP contribution in [0.2, 0.25) is 0 Å². The normalized spacial score (nSPS) is 30.2. The molecule has 3 rings (SSSR count). The predicted molar refractivity (Wildman–Crippen MR) is 77.2 cm³/mol. The van der Waals surface area contributed by atoms with Crippen LogP contribution in [0.15, 0.2) is 24.3 Å². The molecule has 3 nitrogen and oxygen atoms in total. The van der Waals surface area contributed by atoms with Gasteiger partial charge < -0.3 is 10.2 Å². The van der Waals surface area contributed by atoms with Crippen molar-refractivity contribution in [3.63, 3.8) is 0 Å². The van der Waals surface area contributed by atoms with Crippen LogP contribution in [0.1, 0.15) is 25.8 Å². The number of benzene rings is 1. The van der Waals surface area contributed by atoms with Gasteiger partial charge in [-0.25, -0.2) is 0 Å². The van der Waals surface area contributed by atoms with Crippen molar-refractivity contribution in [2.24, 2.45) is 11.8 Å². The fourth-order valence-electron chi connectivity index (χ4n) is 3.34. The molecule has 3 atom stereocenters. The van der Waals surface area contributed by atoms with E-state index in [0.717, 1.165) is 31.6 Å². The summed E-state index contributed by atoms with van der Waals surface area (Å²) in [6.45, 7) is 6.20. The number of hydrogen-bond acceptors (Lipinski definition) is 2. The molecule has 102 valence electrons. The molecule has 1 fully saturated rings. The lowest BCUT2D eigenvalue weighted by Gasteiger charge is -2.35. The molecule has 2 heterocycles. The van der Waals surface area contributed by atoms with Gasteiger partial charge in [0.1, 0.15) is 0 Å². The molecule has 2 aliphatic rings. The molecule has 0 bridgehead atoms. The van der Waals surface area contributed by atoms with Gasteiger partial charge >= 0.3 is 0 Å². The lowest BCUT2D eigenvalue weighted by Crippen LogP contribution is -2.49. The first-order valence-electron chi connectivity index (χ1n) is 7.29. The molecule has 1 saturated heterocycles. The van der Waals surface area contributed by atoms with E-state index in [1.165, 1.54) is 5.56 Å². The Bertz CT molecular complexity index is 485. The monoisotopic (exact) mass is 258 g/mol. The summed E-state index contributed by atoms with van der Waals surface area (Å²) in [7, 11) is 0. The number of nitrogens with one attached hydrogen (secondary N) is 1. The van der Waals surface area contributed by atoms with Crippen molar-refractivity contribution in [2.75, 3.05) is 18.0 Å². The topological polar surface area (TPSA) is 32.3 Å². The van der Waals surface area contributed by atoms with Gasteiger partial charge in [0.2, 0.25) is 5.91 Å². The molecular formula is C16H22N2O. The number of amides is 1. The summed E-state index contributed by atoms with van der Waals surface area (Å²) in [5, 5.41) is 3.36. The highest BCUT2D eigenvalue weighted by Crippen LogP contribution is 2.31. The molecule has 1 amide bonds. The van der Waals surface area contributed by atoms with E-state index in [2.05, 4.69) is 37.4 Å². The first-order chi connectivity index (χ1) is 9.16. The molecule has 0 saturated carbocycles. The summed E-state index contributed by atoms with van der Waals surface area (Å²) in [6, 6.07) is 8.32. The van der Waals surface area contributed by atoms with Crippen LogP contribution in [-0.2, 0) is 11.2 Å². The van der Waals surface area contributed by atoms with E-state index in [1.807, 2.05) is 11.0 Å². The van der Waals surface area contributed by atoms with Crippen LogP contribution in [-0.4, -0.2) is 25.0 Å². The van der Waals surface area contributed by atoms with Crippen LogP contribution in [0, 0.1) is 11.8 Å². The Morgan fingerprint density at radius 2 is 2.11 bits per heavy atom. The zero-order chi connectivity index (χ0) is 13.4. The smallest absolute Gasteiger partial charge is 0.244 e. The van der Waals surface area contributed by atoms with Gasteiger partial charge in [-0.05, 0) is 42.9 Å². The molecule has 0 aromatic heterocycles. The number of carbonyl (C=O) groups excluding carboxylic acids is 1. The number of carbonyl (C=O) groups is 1. The second kappa shape index (κ2) is 4.97. The molecule has 1 N–H and O–H groups in total. The number of rotatable bonds is 1. The van der Waals surface area contributed by atoms with Crippen LogP contribution >= 0.6 is 0 Å². The molecule has 2 aliphatic heterocycles. The second-order valence-corrected chi connectivity index (χ2v) is 6.08. The van der Waals surface area contributed by atoms with Crippen molar-refractivity contribution in [3.8, 4) is 0 Å². The Balaban J connectivity index is 1.90. The minimum absolute atomic E-state index is 0.00152. The molecule has 19 heavy (non-hydrogen) atoms. The fourth-order valence-corrected chi connectivity index (χ4v) is 3.34. The van der Waals surface area contributed by atoms with Crippen molar-refractivity contribution < 1.29 is 4.79 Å². The zero-order valence-corrected chi connectivity index (χ0v) is 11.7. The van der Waals surface area contributed by atoms with E-state index in [9.17, 15) is 4.79 Å². The van der Waals surface area contributed by atoms with E-state index in [1.54, 1.807) is 0 Å². The first-order valence-corrected chi connectivity index (χ1v) is 7.29. The van der Waals surface area contributed by atoms with Crippen LogP contribution in [0.3, 0.4) is 0 Å². The standard InChI is InChI=1S/C16H22N2O/c1-11-9-13-5-3-4-6-14(13)18(10-11)16(19)15-12(2)7-8-17-15/h3-6,11-12,15,17H,7-10H2,1-2H3. The largest absolute Gasteiger partial charge is 0.311 e. The Kier molecular flexibility index (Phi) is 3.31. The van der Waals surface area contributed by atoms with E-state index >= 15 is 0 Å². The Hall–Kier alpha value is -1.35. The van der Waals surface area contributed by atoms with Crippen molar-refractivity contribution in [2.45, 2.75) is 32.7 Å². The molecule has 3 heteroatoms. The highest BCUT2D eigenvalue weighted by Gasteiger charge is 2.35. The predicted octanol–water partition coefficient (Wildman–Crippen LogP) is 2.21. The van der Waals surface area contributed by atoms with Gasteiger partial charge in [-0.2, -0.15) is 0 Å². The molecule has 0 radical (unpaired) electrons. The maximum Gasteiger partial charge on any atom is 0.244 e. The third kappa shape index (κ3) is 2.27. The third-order valence-corrected chi connectivity index (χ3v) is 4.41. The van der Waals surface area contributed by atoms with E-state index < -0.39 is 0 Å². The molecule has 0 aliphatic carbocycles. The third-order valence-electron chi connectivity index (χ3n) is 4.41. The lowest BCUT2D eigenvalue weighted by molar-refractivity contribution is -0.121. The summed E-state index contributed by atoms with van der Waals surface area (Å²) in [5.74, 6) is 1.23. The van der Waals surface area contributed by atoms with Gasteiger partial charge in [0.15, 0.2) is 0 Å². The summed E-state index contributed by atoms with van der Waals surface area (Å²) < 4.78 is 0. The van der Waals surface area contributed by atoms with E-state index in [0.29, 0.717) is 11.8 Å². The Morgan fingerprint density at radius 3 is 2.84 bits per heavy atom. The minimum Gasteiger partial charge on any atom is -0.311 e. The first kappa shape index (κ1) is 12.7. The number of hydrogen-bond donors (Lipinski definition) is 1. The summed E-state index contributed by atoms with van der Waals surface area (Å²) >= 11 is 0. The highest BCUT2D eigenvalue weighted by molar-refractivity contribution is 5.98. The summed E-state index contributed by atoms with van der Waals surface area (Å²) in [6.07, 6.45) is 2.18. The van der Waals surface area contributed by atoms with Crippen LogP contribution in [0.4, 0.5) is 5.69 Å². The summed E-state index contributed by atoms with van der Waals surface area (Å²) in [4.78, 5) is 14.8. The van der Waals surface area contributed by atoms with Crippen LogP contribution in [0.5, 0.6) is 0 Å². The lowest BCUT2D eigenvalue weighted by atomic mass is 9.92. The second-order valence-electron chi connectivity index (χ2n) is 6.08. The number of anilines is 1. The maximum atomic E-state index is 12.8. The van der Waals surface area contributed by atoms with E-state index in [-0.39, 0.29) is 11.9 Å². The van der Waals surface area contributed by atoms with E-state index in [4.69, 9.17) is 0 Å². The van der Waals surface area contributed by atoms with Crippen molar-refractivity contribution in [1.29, 1.82) is 0 Å². The maximum absolute atomic E-state index is 12.8. The van der Waals surface area contributed by atoms with Gasteiger partial charge in [-0.15, -0.1) is 0 Å². The van der Waals surface area contributed by atoms with Crippen LogP contribution in [0.25, 0.3) is 0 Å². The molecule has 0 spiro atoms. The quantitative estimate of drug-likeness (QED) is 0.837. The SMILES string of the molecule is CC1Cc2ccccc2N(C(=O)C2NCCC2C)C1. The Morgan fingerprint density at radius 1 is 1.32 bits per heavy atom. The molecular weight excluding hydrogens is 236 g/mol.